The number of piperazine rings is 1. The molecule has 2 rings (SSSR count). The van der Waals surface area contributed by atoms with E-state index in [1.54, 1.807) is 0 Å². The van der Waals surface area contributed by atoms with Gasteiger partial charge in [-0.2, -0.15) is 0 Å². The summed E-state index contributed by atoms with van der Waals surface area (Å²) in [7, 11) is 0. The van der Waals surface area contributed by atoms with Gasteiger partial charge in [-0.3, -0.25) is 9.80 Å². The van der Waals surface area contributed by atoms with Crippen LogP contribution in [-0.4, -0.2) is 59.1 Å². The highest BCUT2D eigenvalue weighted by molar-refractivity contribution is 5.85. The quantitative estimate of drug-likeness (QED) is 0.353. The molecule has 1 atom stereocenters. The number of nitrogens with zero attached hydrogens (tertiary/aromatic N) is 3. The number of hydrogen-bond donors (Lipinski definition) is 2. The maximum atomic E-state index is 8.90. The molecule has 2 aliphatic rings. The van der Waals surface area contributed by atoms with E-state index in [0.29, 0.717) is 5.84 Å². The summed E-state index contributed by atoms with van der Waals surface area (Å²) < 4.78 is 0. The SMILES string of the molecule is CCC1CCC(N2CCN(C(CC)C(N)=NO)CC2)CC1. The van der Waals surface area contributed by atoms with Crippen LogP contribution in [0.1, 0.15) is 52.4 Å². The Morgan fingerprint density at radius 2 is 1.76 bits per heavy atom. The Kier molecular flexibility index (Phi) is 6.30. The number of amidine groups is 1. The van der Waals surface area contributed by atoms with Crippen LogP contribution >= 0.6 is 0 Å². The third-order valence-electron chi connectivity index (χ3n) is 5.54. The Balaban J connectivity index is 1.80. The lowest BCUT2D eigenvalue weighted by atomic mass is 9.84. The third-order valence-corrected chi connectivity index (χ3v) is 5.54. The van der Waals surface area contributed by atoms with Crippen LogP contribution in [0, 0.1) is 5.92 Å². The monoisotopic (exact) mass is 296 g/mol. The second-order valence-electron chi connectivity index (χ2n) is 6.60. The smallest absolute Gasteiger partial charge is 0.156 e. The lowest BCUT2D eigenvalue weighted by molar-refractivity contribution is 0.0608. The van der Waals surface area contributed by atoms with Crippen LogP contribution in [-0.2, 0) is 0 Å². The molecular weight excluding hydrogens is 264 g/mol. The van der Waals surface area contributed by atoms with Crippen molar-refractivity contribution in [1.82, 2.24) is 9.80 Å². The van der Waals surface area contributed by atoms with E-state index in [-0.39, 0.29) is 6.04 Å². The zero-order chi connectivity index (χ0) is 15.2. The summed E-state index contributed by atoms with van der Waals surface area (Å²) in [6.07, 6.45) is 7.80. The van der Waals surface area contributed by atoms with Gasteiger partial charge in [0.15, 0.2) is 5.84 Å². The molecule has 0 radical (unpaired) electrons. The van der Waals surface area contributed by atoms with Crippen molar-refractivity contribution in [1.29, 1.82) is 0 Å². The highest BCUT2D eigenvalue weighted by Crippen LogP contribution is 2.30. The molecule has 2 fully saturated rings. The summed E-state index contributed by atoms with van der Waals surface area (Å²) in [6, 6.07) is 0.881. The van der Waals surface area contributed by atoms with Crippen LogP contribution in [0.25, 0.3) is 0 Å². The van der Waals surface area contributed by atoms with E-state index in [0.717, 1.165) is 44.6 Å². The molecule has 1 aliphatic heterocycles. The van der Waals surface area contributed by atoms with E-state index < -0.39 is 0 Å². The highest BCUT2D eigenvalue weighted by Gasteiger charge is 2.30. The normalized spacial score (nSPS) is 31.2. The predicted molar refractivity (Wildman–Crippen MR) is 86.7 cm³/mol. The molecule has 1 aliphatic carbocycles. The lowest BCUT2D eigenvalue weighted by Crippen LogP contribution is -2.56. The van der Waals surface area contributed by atoms with Crippen molar-refractivity contribution < 1.29 is 5.21 Å². The molecule has 0 amide bonds. The van der Waals surface area contributed by atoms with Crippen molar-refractivity contribution in [3.8, 4) is 0 Å². The zero-order valence-corrected chi connectivity index (χ0v) is 13.7. The van der Waals surface area contributed by atoms with Crippen molar-refractivity contribution in [2.45, 2.75) is 64.5 Å². The maximum Gasteiger partial charge on any atom is 0.156 e. The number of nitrogens with two attached hydrogens (primary N) is 1. The van der Waals surface area contributed by atoms with Gasteiger partial charge in [0.1, 0.15) is 0 Å². The minimum Gasteiger partial charge on any atom is -0.409 e. The van der Waals surface area contributed by atoms with E-state index in [4.69, 9.17) is 10.9 Å². The van der Waals surface area contributed by atoms with Gasteiger partial charge in [0, 0.05) is 32.2 Å². The zero-order valence-electron chi connectivity index (χ0n) is 13.7. The Morgan fingerprint density at radius 3 is 2.24 bits per heavy atom. The van der Waals surface area contributed by atoms with Crippen molar-refractivity contribution in [2.75, 3.05) is 26.2 Å². The van der Waals surface area contributed by atoms with Gasteiger partial charge in [-0.25, -0.2) is 0 Å². The first-order valence-corrected chi connectivity index (χ1v) is 8.65. The Bertz CT molecular complexity index is 331. The van der Waals surface area contributed by atoms with Gasteiger partial charge in [-0.1, -0.05) is 25.4 Å². The topological polar surface area (TPSA) is 65.1 Å². The molecule has 1 saturated carbocycles. The summed E-state index contributed by atoms with van der Waals surface area (Å²) >= 11 is 0. The third kappa shape index (κ3) is 4.10. The van der Waals surface area contributed by atoms with E-state index in [9.17, 15) is 0 Å². The van der Waals surface area contributed by atoms with Gasteiger partial charge in [-0.05, 0) is 38.0 Å². The van der Waals surface area contributed by atoms with Crippen LogP contribution in [0.2, 0.25) is 0 Å². The second kappa shape index (κ2) is 7.99. The highest BCUT2D eigenvalue weighted by atomic mass is 16.4. The minimum absolute atomic E-state index is 0.0907. The maximum absolute atomic E-state index is 8.90. The molecule has 21 heavy (non-hydrogen) atoms. The molecule has 5 nitrogen and oxygen atoms in total. The largest absolute Gasteiger partial charge is 0.409 e. The molecule has 0 aromatic heterocycles. The first-order chi connectivity index (χ1) is 10.2. The molecule has 0 spiro atoms. The Labute approximate surface area is 129 Å². The summed E-state index contributed by atoms with van der Waals surface area (Å²) in [5.41, 5.74) is 5.81. The summed E-state index contributed by atoms with van der Waals surface area (Å²) in [4.78, 5) is 5.03. The first-order valence-electron chi connectivity index (χ1n) is 8.65. The van der Waals surface area contributed by atoms with Crippen molar-refractivity contribution >= 4 is 5.84 Å². The molecule has 0 aromatic rings. The van der Waals surface area contributed by atoms with Gasteiger partial charge in [0.05, 0.1) is 6.04 Å². The van der Waals surface area contributed by atoms with Crippen molar-refractivity contribution in [3.05, 3.63) is 0 Å². The average molecular weight is 296 g/mol. The van der Waals surface area contributed by atoms with E-state index >= 15 is 0 Å². The average Bonchev–Trinajstić information content (AvgIpc) is 2.56. The molecule has 122 valence electrons. The molecule has 5 heteroatoms. The van der Waals surface area contributed by atoms with Crippen molar-refractivity contribution in [3.63, 3.8) is 0 Å². The number of hydrogen-bond acceptors (Lipinski definition) is 4. The Morgan fingerprint density at radius 1 is 1.14 bits per heavy atom. The van der Waals surface area contributed by atoms with Gasteiger partial charge in [0.2, 0.25) is 0 Å². The van der Waals surface area contributed by atoms with Crippen LogP contribution < -0.4 is 5.73 Å². The fourth-order valence-corrected chi connectivity index (χ4v) is 4.05. The van der Waals surface area contributed by atoms with Gasteiger partial charge >= 0.3 is 0 Å². The van der Waals surface area contributed by atoms with E-state index in [1.165, 1.54) is 32.1 Å². The molecular formula is C16H32N4O. The van der Waals surface area contributed by atoms with Crippen LogP contribution in [0.15, 0.2) is 5.16 Å². The summed E-state index contributed by atoms with van der Waals surface area (Å²) in [5, 5.41) is 12.1. The Hall–Kier alpha value is -0.810. The minimum atomic E-state index is 0.0907. The predicted octanol–water partition coefficient (Wildman–Crippen LogP) is 2.10. The fraction of sp³-hybridized carbons (Fsp3) is 0.938. The number of rotatable bonds is 5. The fourth-order valence-electron chi connectivity index (χ4n) is 4.05. The molecule has 0 aromatic carbocycles. The van der Waals surface area contributed by atoms with Gasteiger partial charge in [-0.15, -0.1) is 0 Å². The van der Waals surface area contributed by atoms with Crippen LogP contribution in [0.5, 0.6) is 0 Å². The molecule has 1 heterocycles. The molecule has 0 bridgehead atoms. The lowest BCUT2D eigenvalue weighted by Gasteiger charge is -2.43. The van der Waals surface area contributed by atoms with Gasteiger partial charge < -0.3 is 10.9 Å². The second-order valence-corrected chi connectivity index (χ2v) is 6.60. The van der Waals surface area contributed by atoms with Crippen molar-refractivity contribution in [2.24, 2.45) is 16.8 Å². The molecule has 1 saturated heterocycles. The molecule has 1 unspecified atom stereocenters. The van der Waals surface area contributed by atoms with Crippen LogP contribution in [0.4, 0.5) is 0 Å². The summed E-state index contributed by atoms with van der Waals surface area (Å²) in [5.74, 6) is 1.32. The van der Waals surface area contributed by atoms with Crippen LogP contribution in [0.3, 0.4) is 0 Å². The molecule has 3 N–H and O–H groups in total. The van der Waals surface area contributed by atoms with Gasteiger partial charge in [0.25, 0.3) is 0 Å². The summed E-state index contributed by atoms with van der Waals surface area (Å²) in [6.45, 7) is 8.72. The van der Waals surface area contributed by atoms with E-state index in [1.807, 2.05) is 0 Å². The number of oxime groups is 1. The standard InChI is InChI=1S/C16H32N4O/c1-3-13-5-7-14(8-6-13)19-9-11-20(12-10-19)15(4-2)16(17)18-21/h13-15,21H,3-12H2,1-2H3,(H2,17,18). The first kappa shape index (κ1) is 16.6. The van der Waals surface area contributed by atoms with E-state index in [2.05, 4.69) is 28.8 Å².